The highest BCUT2D eigenvalue weighted by atomic mass is 32.2. The molecule has 0 aliphatic carbocycles. The summed E-state index contributed by atoms with van der Waals surface area (Å²) in [6.45, 7) is 9.79. The number of thioether (sulfide) groups is 1. The number of fused-ring (bicyclic) bond motifs is 1. The van der Waals surface area contributed by atoms with E-state index >= 15 is 0 Å². The molecule has 1 saturated heterocycles. The zero-order chi connectivity index (χ0) is 21.5. The van der Waals surface area contributed by atoms with E-state index in [1.54, 1.807) is 12.1 Å². The summed E-state index contributed by atoms with van der Waals surface area (Å²) in [5.74, 6) is -0.269. The van der Waals surface area contributed by atoms with E-state index < -0.39 is 0 Å². The number of carbonyl (C=O) groups is 2. The molecule has 0 N–H and O–H groups in total. The number of nitrogens with zero attached hydrogens (tertiary/aromatic N) is 2. The maximum absolute atomic E-state index is 12.9. The second-order valence-corrected chi connectivity index (χ2v) is 9.26. The lowest BCUT2D eigenvalue weighted by Gasteiger charge is -2.43. The molecule has 0 unspecified atom stereocenters. The molecule has 0 bridgehead atoms. The van der Waals surface area contributed by atoms with Crippen molar-refractivity contribution >= 4 is 45.9 Å². The molecule has 0 radical (unpaired) electrons. The molecule has 154 valence electrons. The van der Waals surface area contributed by atoms with Crippen LogP contribution in [0, 0.1) is 0 Å². The van der Waals surface area contributed by atoms with Gasteiger partial charge >= 0.3 is 0 Å². The number of hydrogen-bond donors (Lipinski definition) is 0. The van der Waals surface area contributed by atoms with Gasteiger partial charge in [0.1, 0.15) is 0 Å². The molecule has 4 rings (SSSR count). The van der Waals surface area contributed by atoms with Crippen LogP contribution in [0.4, 0.5) is 16.2 Å². The van der Waals surface area contributed by atoms with Crippen LogP contribution in [0.3, 0.4) is 0 Å². The van der Waals surface area contributed by atoms with E-state index in [1.165, 1.54) is 21.7 Å². The van der Waals surface area contributed by atoms with Crippen LogP contribution in [-0.4, -0.2) is 23.2 Å². The van der Waals surface area contributed by atoms with Crippen LogP contribution >= 0.6 is 11.8 Å². The Kier molecular flexibility index (Phi) is 5.33. The van der Waals surface area contributed by atoms with Crippen molar-refractivity contribution in [3.05, 3.63) is 70.6 Å². The molecular weight excluding hydrogens is 392 g/mol. The maximum atomic E-state index is 12.9. The fraction of sp³-hybridized carbons (Fsp3) is 0.280. The summed E-state index contributed by atoms with van der Waals surface area (Å²) >= 11 is 0.992. The van der Waals surface area contributed by atoms with E-state index in [0.717, 1.165) is 30.3 Å². The molecule has 2 amide bonds. The third-order valence-electron chi connectivity index (χ3n) is 5.55. The minimum atomic E-state index is -0.269. The largest absolute Gasteiger partial charge is 0.362 e. The van der Waals surface area contributed by atoms with Gasteiger partial charge in [0, 0.05) is 17.8 Å². The van der Waals surface area contributed by atoms with Gasteiger partial charge in [-0.1, -0.05) is 37.3 Å². The molecule has 0 saturated carbocycles. The summed E-state index contributed by atoms with van der Waals surface area (Å²) in [5, 5.41) is -0.262. The third kappa shape index (κ3) is 3.58. The first kappa shape index (κ1) is 20.5. The topological polar surface area (TPSA) is 40.6 Å². The van der Waals surface area contributed by atoms with Crippen molar-refractivity contribution in [1.82, 2.24) is 0 Å². The molecule has 0 spiro atoms. The number of anilines is 2. The molecule has 2 aromatic carbocycles. The molecule has 5 heteroatoms. The average molecular weight is 419 g/mol. The number of carbonyl (C=O) groups excluding carboxylic acids is 2. The van der Waals surface area contributed by atoms with E-state index in [-0.39, 0.29) is 16.7 Å². The minimum absolute atomic E-state index is 0.0348. The molecule has 30 heavy (non-hydrogen) atoms. The van der Waals surface area contributed by atoms with Crippen molar-refractivity contribution in [1.29, 1.82) is 0 Å². The normalized spacial score (nSPS) is 19.3. The summed E-state index contributed by atoms with van der Waals surface area (Å²) in [5.41, 5.74) is 5.12. The Balaban J connectivity index is 1.68. The molecule has 2 heterocycles. The van der Waals surface area contributed by atoms with Gasteiger partial charge in [0.2, 0.25) is 0 Å². The number of imide groups is 1. The minimum Gasteiger partial charge on any atom is -0.362 e. The van der Waals surface area contributed by atoms with Crippen molar-refractivity contribution < 1.29 is 9.59 Å². The Morgan fingerprint density at radius 2 is 1.80 bits per heavy atom. The molecule has 0 aromatic heterocycles. The van der Waals surface area contributed by atoms with Gasteiger partial charge in [-0.05, 0) is 80.4 Å². The van der Waals surface area contributed by atoms with E-state index in [1.807, 2.05) is 30.3 Å². The number of amides is 2. The Morgan fingerprint density at radius 3 is 2.50 bits per heavy atom. The lowest BCUT2D eigenvalue weighted by Crippen LogP contribution is -2.45. The highest BCUT2D eigenvalue weighted by Gasteiger charge is 2.36. The Hall–Kier alpha value is -2.79. The number of para-hydroxylation sites is 1. The lowest BCUT2D eigenvalue weighted by atomic mass is 9.88. The quantitative estimate of drug-likeness (QED) is 0.543. The monoisotopic (exact) mass is 418 g/mol. The van der Waals surface area contributed by atoms with E-state index in [2.05, 4.69) is 50.8 Å². The van der Waals surface area contributed by atoms with Gasteiger partial charge in [-0.15, -0.1) is 0 Å². The molecule has 1 fully saturated rings. The molecule has 2 aliphatic rings. The fourth-order valence-electron chi connectivity index (χ4n) is 4.24. The van der Waals surface area contributed by atoms with Crippen molar-refractivity contribution in [3.8, 4) is 0 Å². The van der Waals surface area contributed by atoms with Gasteiger partial charge < -0.3 is 4.90 Å². The first-order valence-electron chi connectivity index (χ1n) is 10.3. The smallest absolute Gasteiger partial charge is 0.298 e. The standard InChI is InChI=1S/C25H26N2O2S/c1-5-13-26-21-12-11-18(14-20(21)17(2)16-25(26,3)4)15-22-23(28)27(24(29)30-22)19-9-7-6-8-10-19/h6-12,14-16H,5,13H2,1-4H3/b22-15+. The third-order valence-corrected chi connectivity index (χ3v) is 6.42. The van der Waals surface area contributed by atoms with Crippen LogP contribution in [0.1, 0.15) is 45.2 Å². The number of rotatable bonds is 4. The molecule has 0 atom stereocenters. The number of hydrogen-bond acceptors (Lipinski definition) is 4. The second kappa shape index (κ2) is 7.80. The molecule has 4 nitrogen and oxygen atoms in total. The summed E-state index contributed by atoms with van der Waals surface area (Å²) in [4.78, 5) is 29.5. The van der Waals surface area contributed by atoms with Gasteiger partial charge in [-0.2, -0.15) is 0 Å². The fourth-order valence-corrected chi connectivity index (χ4v) is 5.08. The van der Waals surface area contributed by atoms with Gasteiger partial charge in [-0.25, -0.2) is 4.90 Å². The molecule has 2 aromatic rings. The first-order chi connectivity index (χ1) is 14.3. The highest BCUT2D eigenvalue weighted by Crippen LogP contribution is 2.41. The lowest BCUT2D eigenvalue weighted by molar-refractivity contribution is -0.113. The van der Waals surface area contributed by atoms with E-state index in [9.17, 15) is 9.59 Å². The van der Waals surface area contributed by atoms with Gasteiger partial charge in [0.15, 0.2) is 0 Å². The SMILES string of the molecule is CCCN1c2ccc(/C=C3/SC(=O)N(c4ccccc4)C3=O)cc2C(C)=CC1(C)C. The Bertz CT molecular complexity index is 1070. The summed E-state index contributed by atoms with van der Waals surface area (Å²) in [6, 6.07) is 15.4. The van der Waals surface area contributed by atoms with Crippen LogP contribution in [-0.2, 0) is 4.79 Å². The van der Waals surface area contributed by atoms with E-state index in [4.69, 9.17) is 0 Å². The molecule has 2 aliphatic heterocycles. The van der Waals surface area contributed by atoms with Crippen molar-refractivity contribution in [2.24, 2.45) is 0 Å². The first-order valence-corrected chi connectivity index (χ1v) is 11.1. The number of allylic oxidation sites excluding steroid dienone is 1. The Morgan fingerprint density at radius 1 is 1.07 bits per heavy atom. The summed E-state index contributed by atoms with van der Waals surface area (Å²) in [7, 11) is 0. The summed E-state index contributed by atoms with van der Waals surface area (Å²) in [6.07, 6.45) is 5.20. The average Bonchev–Trinajstić information content (AvgIpc) is 2.98. The molecular formula is C25H26N2O2S. The highest BCUT2D eigenvalue weighted by molar-refractivity contribution is 8.19. The van der Waals surface area contributed by atoms with E-state index in [0.29, 0.717) is 10.6 Å². The van der Waals surface area contributed by atoms with Gasteiger partial charge in [0.25, 0.3) is 11.1 Å². The predicted octanol–water partition coefficient (Wildman–Crippen LogP) is 6.34. The van der Waals surface area contributed by atoms with Crippen molar-refractivity contribution in [2.45, 2.75) is 39.7 Å². The zero-order valence-electron chi connectivity index (χ0n) is 17.8. The van der Waals surface area contributed by atoms with Crippen molar-refractivity contribution in [3.63, 3.8) is 0 Å². The second-order valence-electron chi connectivity index (χ2n) is 8.26. The van der Waals surface area contributed by atoms with Crippen LogP contribution in [0.15, 0.2) is 59.5 Å². The van der Waals surface area contributed by atoms with Crippen LogP contribution in [0.5, 0.6) is 0 Å². The number of benzene rings is 2. The van der Waals surface area contributed by atoms with Gasteiger partial charge in [0.05, 0.1) is 16.1 Å². The van der Waals surface area contributed by atoms with Crippen molar-refractivity contribution in [2.75, 3.05) is 16.3 Å². The van der Waals surface area contributed by atoms with Gasteiger partial charge in [-0.3, -0.25) is 9.59 Å². The summed E-state index contributed by atoms with van der Waals surface area (Å²) < 4.78 is 0. The zero-order valence-corrected chi connectivity index (χ0v) is 18.6. The predicted molar refractivity (Wildman–Crippen MR) is 127 cm³/mol. The van der Waals surface area contributed by atoms with Crippen LogP contribution in [0.2, 0.25) is 0 Å². The maximum Gasteiger partial charge on any atom is 0.298 e. The van der Waals surface area contributed by atoms with Crippen LogP contribution < -0.4 is 9.80 Å². The van der Waals surface area contributed by atoms with Crippen LogP contribution in [0.25, 0.3) is 11.6 Å². The Labute approximate surface area is 182 Å².